The van der Waals surface area contributed by atoms with E-state index >= 15 is 0 Å². The minimum atomic E-state index is -4.78. The molecule has 2 aliphatic rings. The van der Waals surface area contributed by atoms with E-state index in [4.69, 9.17) is 11.6 Å². The molecule has 1 spiro atoms. The lowest BCUT2D eigenvalue weighted by Crippen LogP contribution is -2.76. The largest absolute Gasteiger partial charge is 0.573 e. The van der Waals surface area contributed by atoms with Gasteiger partial charge in [0.05, 0.1) is 5.56 Å². The number of ether oxygens (including phenoxy) is 1. The summed E-state index contributed by atoms with van der Waals surface area (Å²) in [4.78, 5) is 17.5. The van der Waals surface area contributed by atoms with Gasteiger partial charge in [0.2, 0.25) is 0 Å². The monoisotopic (exact) mass is 501 g/mol. The number of fused-ring (bicyclic) bond motifs is 1. The third-order valence-electron chi connectivity index (χ3n) is 6.37. The van der Waals surface area contributed by atoms with Crippen molar-refractivity contribution in [3.05, 3.63) is 88.4 Å². The number of hydrogen-bond acceptors (Lipinski definition) is 4. The predicted octanol–water partition coefficient (Wildman–Crippen LogP) is 6.09. The summed E-state index contributed by atoms with van der Waals surface area (Å²) in [5.74, 6) is -0.544. The zero-order valence-corrected chi connectivity index (χ0v) is 19.7. The van der Waals surface area contributed by atoms with Gasteiger partial charge in [-0.2, -0.15) is 0 Å². The third-order valence-corrected chi connectivity index (χ3v) is 6.74. The lowest BCUT2D eigenvalue weighted by molar-refractivity contribution is -0.274. The maximum atomic E-state index is 13.7. The molecule has 2 aliphatic heterocycles. The normalized spacial score (nSPS) is 17.1. The van der Waals surface area contributed by atoms with Crippen molar-refractivity contribution >= 4 is 28.9 Å². The van der Waals surface area contributed by atoms with Crippen LogP contribution in [0.5, 0.6) is 5.75 Å². The Labute approximate surface area is 206 Å². The maximum Gasteiger partial charge on any atom is 0.573 e. The van der Waals surface area contributed by atoms with E-state index in [1.54, 1.807) is 11.0 Å². The van der Waals surface area contributed by atoms with E-state index in [1.165, 1.54) is 24.3 Å². The molecule has 1 saturated heterocycles. The molecule has 3 aromatic carbocycles. The minimum absolute atomic E-state index is 0.205. The lowest BCUT2D eigenvalue weighted by atomic mass is 9.90. The van der Waals surface area contributed by atoms with Crippen molar-refractivity contribution < 1.29 is 22.7 Å². The van der Waals surface area contributed by atoms with E-state index in [0.29, 0.717) is 35.9 Å². The van der Waals surface area contributed by atoms with Crippen LogP contribution in [-0.4, -0.2) is 35.9 Å². The Bertz CT molecular complexity index is 1260. The van der Waals surface area contributed by atoms with Crippen LogP contribution in [0, 0.1) is 0 Å². The Morgan fingerprint density at radius 3 is 2.43 bits per heavy atom. The van der Waals surface area contributed by atoms with Crippen molar-refractivity contribution in [2.24, 2.45) is 0 Å². The van der Waals surface area contributed by atoms with E-state index in [-0.39, 0.29) is 11.7 Å². The molecule has 182 valence electrons. The number of likely N-dealkylation sites (tertiary alicyclic amines) is 1. The number of rotatable bonds is 5. The standard InChI is InChI=1S/C26H23ClF3N3O2/c1-2-17-7-12-21-23(13-17)31-25(15-32(16-25)14-18-5-3-4-6-22(18)27)33(24(21)34)19-8-10-20(11-9-19)35-26(28,29)30/h3-13,31H,2,14-16H2,1H3. The van der Waals surface area contributed by atoms with Crippen LogP contribution in [0.3, 0.4) is 0 Å². The lowest BCUT2D eigenvalue weighted by Gasteiger charge is -2.58. The Kier molecular flexibility index (Phi) is 5.89. The van der Waals surface area contributed by atoms with Gasteiger partial charge in [-0.3, -0.25) is 14.6 Å². The molecule has 0 aromatic heterocycles. The fourth-order valence-corrected chi connectivity index (χ4v) is 4.97. The molecule has 0 radical (unpaired) electrons. The zero-order valence-electron chi connectivity index (χ0n) is 18.9. The molecule has 35 heavy (non-hydrogen) atoms. The summed E-state index contributed by atoms with van der Waals surface area (Å²) in [7, 11) is 0. The average Bonchev–Trinajstić information content (AvgIpc) is 2.79. The van der Waals surface area contributed by atoms with Crippen LogP contribution >= 0.6 is 11.6 Å². The first-order valence-electron chi connectivity index (χ1n) is 11.2. The number of amides is 1. The number of halogens is 4. The zero-order chi connectivity index (χ0) is 24.8. The molecule has 0 aliphatic carbocycles. The van der Waals surface area contributed by atoms with Crippen LogP contribution in [0.4, 0.5) is 24.5 Å². The number of nitrogens with zero attached hydrogens (tertiary/aromatic N) is 2. The molecule has 0 unspecified atom stereocenters. The summed E-state index contributed by atoms with van der Waals surface area (Å²) in [6, 6.07) is 18.7. The fourth-order valence-electron chi connectivity index (χ4n) is 4.78. The van der Waals surface area contributed by atoms with Crippen molar-refractivity contribution in [3.8, 4) is 5.75 Å². The van der Waals surface area contributed by atoms with Crippen LogP contribution in [0.15, 0.2) is 66.7 Å². The van der Waals surface area contributed by atoms with Crippen molar-refractivity contribution in [2.45, 2.75) is 31.9 Å². The third kappa shape index (κ3) is 4.56. The van der Waals surface area contributed by atoms with Crippen molar-refractivity contribution in [1.82, 2.24) is 4.90 Å². The quantitative estimate of drug-likeness (QED) is 0.460. The molecular weight excluding hydrogens is 479 g/mol. The summed E-state index contributed by atoms with van der Waals surface area (Å²) in [6.07, 6.45) is -3.95. The van der Waals surface area contributed by atoms with Gasteiger partial charge in [0.25, 0.3) is 5.91 Å². The predicted molar refractivity (Wildman–Crippen MR) is 129 cm³/mol. The van der Waals surface area contributed by atoms with Gasteiger partial charge >= 0.3 is 6.36 Å². The molecule has 3 aromatic rings. The van der Waals surface area contributed by atoms with Crippen LogP contribution < -0.4 is 15.0 Å². The number of alkyl halides is 3. The SMILES string of the molecule is CCc1ccc2c(c1)NC1(CN(Cc3ccccc3Cl)C1)N(c1ccc(OC(F)(F)F)cc1)C2=O. The van der Waals surface area contributed by atoms with Gasteiger partial charge in [-0.1, -0.05) is 42.8 Å². The van der Waals surface area contributed by atoms with E-state index < -0.39 is 12.0 Å². The summed E-state index contributed by atoms with van der Waals surface area (Å²) in [5.41, 5.74) is 3.12. The van der Waals surface area contributed by atoms with Crippen molar-refractivity contribution in [1.29, 1.82) is 0 Å². The highest BCUT2D eigenvalue weighted by molar-refractivity contribution is 6.31. The molecule has 5 rings (SSSR count). The average molecular weight is 502 g/mol. The van der Waals surface area contributed by atoms with Gasteiger partial charge in [0.1, 0.15) is 11.4 Å². The van der Waals surface area contributed by atoms with Gasteiger partial charge in [-0.05, 0) is 60.0 Å². The summed E-state index contributed by atoms with van der Waals surface area (Å²) in [6.45, 7) is 3.69. The maximum absolute atomic E-state index is 13.7. The molecule has 0 saturated carbocycles. The number of nitrogens with one attached hydrogen (secondary N) is 1. The van der Waals surface area contributed by atoms with Crippen molar-refractivity contribution in [3.63, 3.8) is 0 Å². The summed E-state index contributed by atoms with van der Waals surface area (Å²) >= 11 is 6.34. The molecule has 5 nitrogen and oxygen atoms in total. The van der Waals surface area contributed by atoms with Gasteiger partial charge in [-0.15, -0.1) is 13.2 Å². The number of carbonyl (C=O) groups excluding carboxylic acids is 1. The molecular formula is C26H23ClF3N3O2. The first-order chi connectivity index (χ1) is 16.7. The molecule has 0 atom stereocenters. The van der Waals surface area contributed by atoms with Gasteiger partial charge in [-0.25, -0.2) is 0 Å². The number of anilines is 2. The molecule has 1 N–H and O–H groups in total. The van der Waals surface area contributed by atoms with E-state index in [0.717, 1.165) is 23.2 Å². The topological polar surface area (TPSA) is 44.8 Å². The fraction of sp³-hybridized carbons (Fsp3) is 0.269. The summed E-state index contributed by atoms with van der Waals surface area (Å²) < 4.78 is 41.8. The van der Waals surface area contributed by atoms with Crippen LogP contribution in [0.2, 0.25) is 5.02 Å². The molecule has 1 amide bonds. The van der Waals surface area contributed by atoms with Crippen LogP contribution in [0.25, 0.3) is 0 Å². The Morgan fingerprint density at radius 2 is 1.77 bits per heavy atom. The molecule has 9 heteroatoms. The first kappa shape index (κ1) is 23.5. The summed E-state index contributed by atoms with van der Waals surface area (Å²) in [5, 5.41) is 4.24. The smallest absolute Gasteiger partial charge is 0.406 e. The second-order valence-corrected chi connectivity index (χ2v) is 9.22. The Hall–Kier alpha value is -3.23. The number of benzene rings is 3. The molecule has 0 bridgehead atoms. The number of aryl methyl sites for hydroxylation is 1. The van der Waals surface area contributed by atoms with Crippen molar-refractivity contribution in [2.75, 3.05) is 23.3 Å². The van der Waals surface area contributed by atoms with Gasteiger partial charge < -0.3 is 10.1 Å². The Morgan fingerprint density at radius 1 is 1.06 bits per heavy atom. The van der Waals surface area contributed by atoms with Crippen LogP contribution in [-0.2, 0) is 13.0 Å². The second kappa shape index (κ2) is 8.77. The van der Waals surface area contributed by atoms with Gasteiger partial charge in [0, 0.05) is 36.0 Å². The molecule has 1 fully saturated rings. The first-order valence-corrected chi connectivity index (χ1v) is 11.6. The number of carbonyl (C=O) groups is 1. The minimum Gasteiger partial charge on any atom is -0.406 e. The van der Waals surface area contributed by atoms with E-state index in [9.17, 15) is 18.0 Å². The van der Waals surface area contributed by atoms with Crippen LogP contribution in [0.1, 0.15) is 28.4 Å². The second-order valence-electron chi connectivity index (χ2n) is 8.81. The van der Waals surface area contributed by atoms with Gasteiger partial charge in [0.15, 0.2) is 0 Å². The Balaban J connectivity index is 1.47. The highest BCUT2D eigenvalue weighted by Gasteiger charge is 2.53. The molecule has 2 heterocycles. The highest BCUT2D eigenvalue weighted by Crippen LogP contribution is 2.42. The highest BCUT2D eigenvalue weighted by atomic mass is 35.5. The number of hydrogen-bond donors (Lipinski definition) is 1. The van der Waals surface area contributed by atoms with E-state index in [1.807, 2.05) is 43.3 Å². The van der Waals surface area contributed by atoms with E-state index in [2.05, 4.69) is 15.0 Å².